The van der Waals surface area contributed by atoms with Gasteiger partial charge in [0.15, 0.2) is 0 Å². The minimum absolute atomic E-state index is 0.224. The number of nitrogens with one attached hydrogen (secondary N) is 2. The molecule has 0 bridgehead atoms. The summed E-state index contributed by atoms with van der Waals surface area (Å²) in [6, 6.07) is 5.39. The lowest BCUT2D eigenvalue weighted by atomic mass is 10.0. The largest absolute Gasteiger partial charge is 0.366 e. The Morgan fingerprint density at radius 1 is 1.23 bits per heavy atom. The molecule has 7 heteroatoms. The van der Waals surface area contributed by atoms with E-state index in [1.807, 2.05) is 25.1 Å². The van der Waals surface area contributed by atoms with Gasteiger partial charge in [-0.1, -0.05) is 17.9 Å². The predicted molar refractivity (Wildman–Crippen MR) is 112 cm³/mol. The number of rotatable bonds is 3. The maximum atomic E-state index is 12.3. The van der Waals surface area contributed by atoms with E-state index in [2.05, 4.69) is 27.6 Å². The Morgan fingerprint density at radius 2 is 2.03 bits per heavy atom. The fraction of sp³-hybridized carbons (Fsp3) is 0.522. The fourth-order valence-electron chi connectivity index (χ4n) is 5.17. The summed E-state index contributed by atoms with van der Waals surface area (Å²) in [5, 5.41) is 11.4. The smallest absolute Gasteiger partial charge is 0.251 e. The molecular formula is C23H26N4O3. The Morgan fingerprint density at radius 3 is 2.80 bits per heavy atom. The van der Waals surface area contributed by atoms with Gasteiger partial charge >= 0.3 is 0 Å². The second-order valence-electron chi connectivity index (χ2n) is 8.58. The molecule has 0 spiro atoms. The third-order valence-electron chi connectivity index (χ3n) is 6.64. The average molecular weight is 406 g/mol. The second kappa shape index (κ2) is 7.86. The molecule has 30 heavy (non-hydrogen) atoms. The number of benzene rings is 1. The van der Waals surface area contributed by atoms with Gasteiger partial charge in [-0.15, -0.1) is 0 Å². The minimum atomic E-state index is -0.471. The van der Waals surface area contributed by atoms with Crippen LogP contribution in [0.1, 0.15) is 43.0 Å². The number of imide groups is 1. The molecule has 1 saturated carbocycles. The summed E-state index contributed by atoms with van der Waals surface area (Å²) in [4.78, 5) is 23.8. The van der Waals surface area contributed by atoms with Gasteiger partial charge in [0.2, 0.25) is 5.91 Å². The molecule has 2 aromatic rings. The SMILES string of the molecule is Cc1nn(C2CCC(=O)NC2=O)c2cccc(C#CCOC3CC4CNCC4C3)c12. The van der Waals surface area contributed by atoms with E-state index in [4.69, 9.17) is 4.74 Å². The molecule has 156 valence electrons. The monoisotopic (exact) mass is 406 g/mol. The van der Waals surface area contributed by atoms with Gasteiger partial charge in [0, 0.05) is 17.4 Å². The highest BCUT2D eigenvalue weighted by Crippen LogP contribution is 2.36. The van der Waals surface area contributed by atoms with Crippen LogP contribution in [0.25, 0.3) is 10.9 Å². The summed E-state index contributed by atoms with van der Waals surface area (Å²) >= 11 is 0. The van der Waals surface area contributed by atoms with Crippen LogP contribution >= 0.6 is 0 Å². The Bertz CT molecular complexity index is 1050. The molecule has 5 rings (SSSR count). The Hall–Kier alpha value is -2.69. The van der Waals surface area contributed by atoms with Gasteiger partial charge in [-0.2, -0.15) is 5.10 Å². The molecule has 1 aromatic heterocycles. The van der Waals surface area contributed by atoms with Crippen LogP contribution in [0, 0.1) is 30.6 Å². The molecule has 2 N–H and O–H groups in total. The first-order chi connectivity index (χ1) is 14.6. The van der Waals surface area contributed by atoms with Crippen molar-refractivity contribution in [3.8, 4) is 11.8 Å². The van der Waals surface area contributed by atoms with Crippen LogP contribution in [0.3, 0.4) is 0 Å². The summed E-state index contributed by atoms with van der Waals surface area (Å²) in [6.07, 6.45) is 3.37. The number of hydrogen-bond acceptors (Lipinski definition) is 5. The molecule has 3 aliphatic rings. The number of aromatic nitrogens is 2. The number of ether oxygens (including phenoxy) is 1. The fourth-order valence-corrected chi connectivity index (χ4v) is 5.17. The van der Waals surface area contributed by atoms with Crippen molar-refractivity contribution >= 4 is 22.7 Å². The number of aryl methyl sites for hydroxylation is 1. The first kappa shape index (κ1) is 19.3. The van der Waals surface area contributed by atoms with Crippen molar-refractivity contribution < 1.29 is 14.3 Å². The highest BCUT2D eigenvalue weighted by molar-refractivity contribution is 6.00. The van der Waals surface area contributed by atoms with Crippen molar-refractivity contribution in [3.63, 3.8) is 0 Å². The maximum absolute atomic E-state index is 12.3. The number of carbonyl (C=O) groups is 2. The van der Waals surface area contributed by atoms with E-state index in [1.54, 1.807) is 4.68 Å². The summed E-state index contributed by atoms with van der Waals surface area (Å²) in [6.45, 7) is 4.59. The molecule has 1 aromatic carbocycles. The summed E-state index contributed by atoms with van der Waals surface area (Å²) in [5.74, 6) is 7.42. The lowest BCUT2D eigenvalue weighted by molar-refractivity contribution is -0.135. The zero-order chi connectivity index (χ0) is 20.7. The van der Waals surface area contributed by atoms with E-state index in [0.29, 0.717) is 25.6 Å². The van der Waals surface area contributed by atoms with Crippen molar-refractivity contribution in [2.24, 2.45) is 11.8 Å². The van der Waals surface area contributed by atoms with Crippen LogP contribution in [0.15, 0.2) is 18.2 Å². The molecule has 3 heterocycles. The zero-order valence-corrected chi connectivity index (χ0v) is 17.1. The number of carbonyl (C=O) groups excluding carboxylic acids is 2. The van der Waals surface area contributed by atoms with Crippen LogP contribution in [-0.2, 0) is 14.3 Å². The topological polar surface area (TPSA) is 85.2 Å². The first-order valence-electron chi connectivity index (χ1n) is 10.7. The normalized spacial score (nSPS) is 28.3. The van der Waals surface area contributed by atoms with E-state index in [1.165, 1.54) is 0 Å². The van der Waals surface area contributed by atoms with E-state index < -0.39 is 6.04 Å². The van der Waals surface area contributed by atoms with Crippen LogP contribution < -0.4 is 10.6 Å². The van der Waals surface area contributed by atoms with E-state index in [0.717, 1.165) is 59.9 Å². The number of hydrogen-bond donors (Lipinski definition) is 2. The Labute approximate surface area is 175 Å². The van der Waals surface area contributed by atoms with E-state index >= 15 is 0 Å². The molecule has 3 atom stereocenters. The average Bonchev–Trinajstić information content (AvgIpc) is 3.39. The van der Waals surface area contributed by atoms with Gasteiger partial charge in [-0.25, -0.2) is 0 Å². The van der Waals surface area contributed by atoms with Crippen molar-refractivity contribution in [1.82, 2.24) is 20.4 Å². The van der Waals surface area contributed by atoms with Crippen molar-refractivity contribution in [2.75, 3.05) is 19.7 Å². The third-order valence-corrected chi connectivity index (χ3v) is 6.64. The maximum Gasteiger partial charge on any atom is 0.251 e. The molecule has 1 aliphatic carbocycles. The van der Waals surface area contributed by atoms with Crippen molar-refractivity contribution in [3.05, 3.63) is 29.5 Å². The van der Waals surface area contributed by atoms with Crippen molar-refractivity contribution in [2.45, 2.75) is 44.8 Å². The standard InChI is InChI=1S/C23H26N4O3/c1-14-22-15(5-3-9-30-18-10-16-12-24-13-17(16)11-18)4-2-6-19(22)27(26-14)20-7-8-21(28)25-23(20)29/h2,4,6,16-18,20,24H,7-13H2,1H3,(H,25,28,29). The zero-order valence-electron chi connectivity index (χ0n) is 17.1. The van der Waals surface area contributed by atoms with Crippen LogP contribution in [0.2, 0.25) is 0 Å². The molecule has 2 aliphatic heterocycles. The number of fused-ring (bicyclic) bond motifs is 2. The Balaban J connectivity index is 1.32. The first-order valence-corrected chi connectivity index (χ1v) is 10.7. The number of nitrogens with zero attached hydrogens (tertiary/aromatic N) is 2. The second-order valence-corrected chi connectivity index (χ2v) is 8.58. The summed E-state index contributed by atoms with van der Waals surface area (Å²) in [7, 11) is 0. The van der Waals surface area contributed by atoms with Crippen LogP contribution in [-0.4, -0.2) is 47.4 Å². The predicted octanol–water partition coefficient (Wildman–Crippen LogP) is 1.69. The van der Waals surface area contributed by atoms with Gasteiger partial charge in [-0.3, -0.25) is 19.6 Å². The lowest BCUT2D eigenvalue weighted by Gasteiger charge is -2.21. The molecule has 2 amide bonds. The quantitative estimate of drug-likeness (QED) is 0.599. The molecule has 3 unspecified atom stereocenters. The molecule has 2 saturated heterocycles. The third kappa shape index (κ3) is 3.51. The molecule has 7 nitrogen and oxygen atoms in total. The molecule has 0 radical (unpaired) electrons. The minimum Gasteiger partial charge on any atom is -0.366 e. The number of amides is 2. The van der Waals surface area contributed by atoms with Gasteiger partial charge < -0.3 is 10.1 Å². The summed E-state index contributed by atoms with van der Waals surface area (Å²) in [5.41, 5.74) is 2.59. The molecular weight excluding hydrogens is 380 g/mol. The van der Waals surface area contributed by atoms with Crippen LogP contribution in [0.4, 0.5) is 0 Å². The van der Waals surface area contributed by atoms with Crippen LogP contribution in [0.5, 0.6) is 0 Å². The van der Waals surface area contributed by atoms with Gasteiger partial charge in [0.1, 0.15) is 12.6 Å². The van der Waals surface area contributed by atoms with E-state index in [9.17, 15) is 9.59 Å². The lowest BCUT2D eigenvalue weighted by Crippen LogP contribution is -2.42. The van der Waals surface area contributed by atoms with Gasteiger partial charge in [-0.05, 0) is 63.2 Å². The van der Waals surface area contributed by atoms with Crippen molar-refractivity contribution in [1.29, 1.82) is 0 Å². The van der Waals surface area contributed by atoms with Gasteiger partial charge in [0.05, 0.1) is 17.3 Å². The highest BCUT2D eigenvalue weighted by atomic mass is 16.5. The van der Waals surface area contributed by atoms with E-state index in [-0.39, 0.29) is 11.8 Å². The molecule has 3 fully saturated rings. The Kier molecular flexibility index (Phi) is 5.05. The number of piperidine rings is 1. The van der Waals surface area contributed by atoms with Gasteiger partial charge in [0.25, 0.3) is 5.91 Å². The summed E-state index contributed by atoms with van der Waals surface area (Å²) < 4.78 is 7.76. The highest BCUT2D eigenvalue weighted by Gasteiger charge is 2.37.